The molecule has 0 aliphatic carbocycles. The number of rotatable bonds is 0. The molecule has 0 unspecified atom stereocenters. The summed E-state index contributed by atoms with van der Waals surface area (Å²) < 4.78 is 4.59. The summed E-state index contributed by atoms with van der Waals surface area (Å²) >= 11 is 0.230. The summed E-state index contributed by atoms with van der Waals surface area (Å²) in [6, 6.07) is 0. The van der Waals surface area contributed by atoms with Crippen LogP contribution in [0.3, 0.4) is 0 Å². The Kier molecular flexibility index (Phi) is 57.7. The van der Waals surface area contributed by atoms with Gasteiger partial charge < -0.3 is 24.8 Å². The van der Waals surface area contributed by atoms with Gasteiger partial charge in [-0.15, -0.1) is 0 Å². The van der Waals surface area contributed by atoms with Gasteiger partial charge in [0.15, 0.2) is 0 Å². The van der Waals surface area contributed by atoms with Crippen LogP contribution in [0.1, 0.15) is 0 Å². The quantitative estimate of drug-likeness (QED) is 0.361. The van der Waals surface area contributed by atoms with Crippen molar-refractivity contribution in [2.45, 2.75) is 9.26 Å². The SMILES string of the molecule is [CH3][Zr+2][CH3].[Cl-].[Cl-]. The molecule has 0 nitrogen and oxygen atoms in total. The van der Waals surface area contributed by atoms with Crippen LogP contribution in [-0.4, -0.2) is 0 Å². The van der Waals surface area contributed by atoms with E-state index in [1.807, 2.05) is 0 Å². The second-order valence-corrected chi connectivity index (χ2v) is 2.96. The van der Waals surface area contributed by atoms with Gasteiger partial charge >= 0.3 is 32.5 Å². The van der Waals surface area contributed by atoms with E-state index in [1.54, 1.807) is 0 Å². The molecule has 0 radical (unpaired) electrons. The van der Waals surface area contributed by atoms with Gasteiger partial charge in [0, 0.05) is 0 Å². The van der Waals surface area contributed by atoms with Gasteiger partial charge in [0.25, 0.3) is 0 Å². The molecule has 0 aromatic rings. The Morgan fingerprint density at radius 2 is 1.00 bits per heavy atom. The second-order valence-electron chi connectivity index (χ2n) is 0.500. The fourth-order valence-electron chi connectivity index (χ4n) is 0. The van der Waals surface area contributed by atoms with Crippen molar-refractivity contribution in [2.24, 2.45) is 0 Å². The van der Waals surface area contributed by atoms with E-state index in [1.165, 1.54) is 0 Å². The van der Waals surface area contributed by atoms with Crippen molar-refractivity contribution >= 4 is 0 Å². The van der Waals surface area contributed by atoms with E-state index in [2.05, 4.69) is 9.26 Å². The van der Waals surface area contributed by atoms with Gasteiger partial charge in [-0.1, -0.05) is 0 Å². The minimum Gasteiger partial charge on any atom is -1.00 e. The van der Waals surface area contributed by atoms with E-state index < -0.39 is 0 Å². The van der Waals surface area contributed by atoms with E-state index in [0.717, 1.165) is 0 Å². The van der Waals surface area contributed by atoms with Crippen LogP contribution in [-0.2, 0) is 23.2 Å². The predicted molar refractivity (Wildman–Crippen MR) is 11.7 cm³/mol. The molecule has 0 aromatic carbocycles. The normalized spacial score (nSPS) is 2.00. The molecule has 0 saturated carbocycles. The first-order valence-corrected chi connectivity index (χ1v) is 5.92. The molecule has 0 aromatic heterocycles. The van der Waals surface area contributed by atoms with Crippen LogP contribution < -0.4 is 24.8 Å². The third-order valence-electron chi connectivity index (χ3n) is 0. The van der Waals surface area contributed by atoms with E-state index in [4.69, 9.17) is 0 Å². The van der Waals surface area contributed by atoms with Crippen LogP contribution >= 0.6 is 0 Å². The van der Waals surface area contributed by atoms with Crippen molar-refractivity contribution in [1.82, 2.24) is 0 Å². The zero-order chi connectivity index (χ0) is 2.71. The van der Waals surface area contributed by atoms with E-state index in [9.17, 15) is 0 Å². The Labute approximate surface area is 57.1 Å². The summed E-state index contributed by atoms with van der Waals surface area (Å²) in [7, 11) is 0. The van der Waals surface area contributed by atoms with Crippen LogP contribution in [0.5, 0.6) is 0 Å². The fourth-order valence-corrected chi connectivity index (χ4v) is 0. The molecule has 0 N–H and O–H groups in total. The molecule has 32 valence electrons. The second kappa shape index (κ2) is 17.9. The van der Waals surface area contributed by atoms with E-state index in [-0.39, 0.29) is 48.0 Å². The van der Waals surface area contributed by atoms with E-state index >= 15 is 0 Å². The van der Waals surface area contributed by atoms with Crippen molar-refractivity contribution in [1.29, 1.82) is 0 Å². The molecule has 0 amide bonds. The van der Waals surface area contributed by atoms with Crippen LogP contribution in [0, 0.1) is 0 Å². The average Bonchev–Trinajstić information content (AvgIpc) is 0.918. The van der Waals surface area contributed by atoms with Crippen molar-refractivity contribution in [2.75, 3.05) is 0 Å². The van der Waals surface area contributed by atoms with Crippen LogP contribution in [0.15, 0.2) is 0 Å². The minimum atomic E-state index is 0. The average molecular weight is 192 g/mol. The Balaban J connectivity index is -0.0000000200. The smallest absolute Gasteiger partial charge is 1.00 e. The third-order valence-corrected chi connectivity index (χ3v) is 0. The molecular weight excluding hydrogens is 186 g/mol. The van der Waals surface area contributed by atoms with E-state index in [0.29, 0.717) is 0 Å². The zero-order valence-electron chi connectivity index (χ0n) is 3.26. The molecular formula is C2H6Cl2Zr. The summed E-state index contributed by atoms with van der Waals surface area (Å²) in [5, 5.41) is 0. The molecule has 0 aliphatic heterocycles. The maximum atomic E-state index is 2.30. The van der Waals surface area contributed by atoms with Gasteiger partial charge in [0.2, 0.25) is 0 Å². The summed E-state index contributed by atoms with van der Waals surface area (Å²) in [6.45, 7) is 0. The summed E-state index contributed by atoms with van der Waals surface area (Å²) in [6.07, 6.45) is 0. The Morgan fingerprint density at radius 1 is 1.00 bits per heavy atom. The maximum absolute atomic E-state index is 2.30. The van der Waals surface area contributed by atoms with Crippen molar-refractivity contribution < 1.29 is 48.0 Å². The topological polar surface area (TPSA) is 0 Å². The van der Waals surface area contributed by atoms with Crippen LogP contribution in [0.2, 0.25) is 9.26 Å². The molecule has 0 spiro atoms. The van der Waals surface area contributed by atoms with Gasteiger partial charge in [-0.05, 0) is 0 Å². The number of halogens is 2. The van der Waals surface area contributed by atoms with Crippen molar-refractivity contribution in [3.8, 4) is 0 Å². The zero-order valence-corrected chi connectivity index (χ0v) is 7.23. The van der Waals surface area contributed by atoms with Crippen molar-refractivity contribution in [3.05, 3.63) is 0 Å². The Morgan fingerprint density at radius 3 is 1.00 bits per heavy atom. The van der Waals surface area contributed by atoms with Gasteiger partial charge in [-0.3, -0.25) is 0 Å². The van der Waals surface area contributed by atoms with Crippen molar-refractivity contribution in [3.63, 3.8) is 0 Å². The summed E-state index contributed by atoms with van der Waals surface area (Å²) in [5.41, 5.74) is 0. The molecule has 0 atom stereocenters. The summed E-state index contributed by atoms with van der Waals surface area (Å²) in [5.74, 6) is 0. The van der Waals surface area contributed by atoms with Crippen LogP contribution in [0.4, 0.5) is 0 Å². The maximum Gasteiger partial charge on any atom is -1.00 e. The first-order chi connectivity index (χ1) is 1.41. The van der Waals surface area contributed by atoms with Gasteiger partial charge in [0.1, 0.15) is 0 Å². The molecule has 0 heterocycles. The Hall–Kier alpha value is 1.46. The molecule has 3 heteroatoms. The molecule has 0 fully saturated rings. The number of hydrogen-bond donors (Lipinski definition) is 0. The molecule has 0 saturated heterocycles. The molecule has 0 aliphatic rings. The first-order valence-electron chi connectivity index (χ1n) is 1.00. The number of hydrogen-bond acceptors (Lipinski definition) is 0. The predicted octanol–water partition coefficient (Wildman–Crippen LogP) is -4.83. The monoisotopic (exact) mass is 190 g/mol. The largest absolute Gasteiger partial charge is 1.00 e. The standard InChI is InChI=1S/2CH3.2ClH.Zr/h2*1H3;2*1H;/q;;;;+2/p-2. The van der Waals surface area contributed by atoms with Crippen LogP contribution in [0.25, 0.3) is 0 Å². The molecule has 0 bridgehead atoms. The van der Waals surface area contributed by atoms with Gasteiger partial charge in [0.05, 0.1) is 0 Å². The van der Waals surface area contributed by atoms with Gasteiger partial charge in [-0.2, -0.15) is 0 Å². The fraction of sp³-hybridized carbons (Fsp3) is 1.00. The Bertz CT molecular complexity index is 7.61. The van der Waals surface area contributed by atoms with Gasteiger partial charge in [-0.25, -0.2) is 0 Å². The third kappa shape index (κ3) is 30.6. The first kappa shape index (κ1) is 16.1. The minimum absolute atomic E-state index is 0. The summed E-state index contributed by atoms with van der Waals surface area (Å²) in [4.78, 5) is 0. The molecule has 0 rings (SSSR count). The molecule has 5 heavy (non-hydrogen) atoms.